The summed E-state index contributed by atoms with van der Waals surface area (Å²) in [4.78, 5) is 11.4. The highest BCUT2D eigenvalue weighted by molar-refractivity contribution is 9.09. The molecule has 0 N–H and O–H groups in total. The minimum Gasteiger partial charge on any atom is -0.465 e. The Hall–Kier alpha value is -0.830. The Balaban J connectivity index is 2.89. The Morgan fingerprint density at radius 2 is 2.13 bits per heavy atom. The lowest BCUT2D eigenvalue weighted by atomic mass is 10.0. The molecule has 0 fully saturated rings. The van der Waals surface area contributed by atoms with Crippen LogP contribution in [0.3, 0.4) is 0 Å². The fourth-order valence-electron chi connectivity index (χ4n) is 1.51. The van der Waals surface area contributed by atoms with E-state index >= 15 is 0 Å². The van der Waals surface area contributed by atoms with E-state index in [4.69, 9.17) is 4.74 Å². The molecular formula is C12H15BrO2. The van der Waals surface area contributed by atoms with Crippen molar-refractivity contribution in [1.82, 2.24) is 0 Å². The molecule has 15 heavy (non-hydrogen) atoms. The van der Waals surface area contributed by atoms with Crippen molar-refractivity contribution in [3.8, 4) is 0 Å². The van der Waals surface area contributed by atoms with Gasteiger partial charge in [-0.25, -0.2) is 4.79 Å². The molecule has 0 unspecified atom stereocenters. The fraction of sp³-hybridized carbons (Fsp3) is 0.417. The van der Waals surface area contributed by atoms with Crippen molar-refractivity contribution in [3.63, 3.8) is 0 Å². The molecule has 0 aromatic heterocycles. The van der Waals surface area contributed by atoms with Gasteiger partial charge in [-0.2, -0.15) is 0 Å². The number of rotatable bonds is 4. The largest absolute Gasteiger partial charge is 0.465 e. The summed E-state index contributed by atoms with van der Waals surface area (Å²) >= 11 is 3.39. The molecule has 0 heterocycles. The van der Waals surface area contributed by atoms with Crippen LogP contribution in [0.25, 0.3) is 0 Å². The summed E-state index contributed by atoms with van der Waals surface area (Å²) in [5, 5.41) is 0.981. The van der Waals surface area contributed by atoms with Gasteiger partial charge in [0, 0.05) is 5.33 Å². The Morgan fingerprint density at radius 1 is 1.40 bits per heavy atom. The maximum atomic E-state index is 11.4. The highest BCUT2D eigenvalue weighted by atomic mass is 79.9. The highest BCUT2D eigenvalue weighted by Gasteiger charge is 2.06. The van der Waals surface area contributed by atoms with Gasteiger partial charge in [-0.15, -0.1) is 0 Å². The predicted molar refractivity (Wildman–Crippen MR) is 64.6 cm³/mol. The van der Waals surface area contributed by atoms with Crippen molar-refractivity contribution in [2.75, 3.05) is 12.4 Å². The van der Waals surface area contributed by atoms with Crippen LogP contribution in [-0.2, 0) is 11.2 Å². The molecule has 0 amide bonds. The summed E-state index contributed by atoms with van der Waals surface area (Å²) in [5.41, 5.74) is 2.93. The van der Waals surface area contributed by atoms with Crippen molar-refractivity contribution in [1.29, 1.82) is 0 Å². The molecule has 1 rings (SSSR count). The van der Waals surface area contributed by atoms with E-state index in [1.54, 1.807) is 0 Å². The topological polar surface area (TPSA) is 26.3 Å². The van der Waals surface area contributed by atoms with E-state index in [1.807, 2.05) is 19.1 Å². The molecule has 82 valence electrons. The van der Waals surface area contributed by atoms with Crippen LogP contribution in [0, 0.1) is 6.92 Å². The zero-order chi connectivity index (χ0) is 11.3. The first-order chi connectivity index (χ1) is 7.17. The molecule has 0 aliphatic carbocycles. The van der Waals surface area contributed by atoms with Gasteiger partial charge in [0.05, 0.1) is 12.7 Å². The second-order valence-corrected chi connectivity index (χ2v) is 4.28. The summed E-state index contributed by atoms with van der Waals surface area (Å²) < 4.78 is 4.70. The van der Waals surface area contributed by atoms with Gasteiger partial charge in [-0.1, -0.05) is 27.6 Å². The minimum absolute atomic E-state index is 0.265. The number of esters is 1. The van der Waals surface area contributed by atoms with Crippen LogP contribution in [0.15, 0.2) is 18.2 Å². The summed E-state index contributed by atoms with van der Waals surface area (Å²) in [6.45, 7) is 1.99. The zero-order valence-electron chi connectivity index (χ0n) is 9.05. The number of halogens is 1. The number of ether oxygens (including phenoxy) is 1. The monoisotopic (exact) mass is 270 g/mol. The van der Waals surface area contributed by atoms with Crippen LogP contribution >= 0.6 is 15.9 Å². The molecule has 0 saturated carbocycles. The summed E-state index contributed by atoms with van der Waals surface area (Å²) in [6.07, 6.45) is 2.06. The van der Waals surface area contributed by atoms with Crippen LogP contribution in [0.1, 0.15) is 27.9 Å². The predicted octanol–water partition coefficient (Wildman–Crippen LogP) is 3.11. The van der Waals surface area contributed by atoms with E-state index in [1.165, 1.54) is 12.7 Å². The van der Waals surface area contributed by atoms with E-state index < -0.39 is 0 Å². The molecular weight excluding hydrogens is 256 g/mol. The smallest absolute Gasteiger partial charge is 0.337 e. The summed E-state index contributed by atoms with van der Waals surface area (Å²) in [6, 6.07) is 5.86. The maximum Gasteiger partial charge on any atom is 0.337 e. The first-order valence-electron chi connectivity index (χ1n) is 4.92. The Labute approximate surface area is 98.8 Å². The molecule has 0 aliphatic heterocycles. The van der Waals surface area contributed by atoms with Gasteiger partial charge in [0.25, 0.3) is 0 Å². The first-order valence-corrected chi connectivity index (χ1v) is 6.04. The average Bonchev–Trinajstić information content (AvgIpc) is 2.24. The summed E-state index contributed by atoms with van der Waals surface area (Å²) in [7, 11) is 1.41. The molecule has 0 atom stereocenters. The SMILES string of the molecule is COC(=O)c1cc(C)cc(CCCBr)c1. The van der Waals surface area contributed by atoms with Crippen LogP contribution in [-0.4, -0.2) is 18.4 Å². The number of methoxy groups -OCH3 is 1. The zero-order valence-corrected chi connectivity index (χ0v) is 10.6. The normalized spacial score (nSPS) is 10.1. The average molecular weight is 271 g/mol. The van der Waals surface area contributed by atoms with Crippen molar-refractivity contribution >= 4 is 21.9 Å². The molecule has 0 aliphatic rings. The van der Waals surface area contributed by atoms with E-state index in [0.29, 0.717) is 5.56 Å². The standard InChI is InChI=1S/C12H15BrO2/c1-9-6-10(4-3-5-13)8-11(7-9)12(14)15-2/h6-8H,3-5H2,1-2H3. The molecule has 1 aromatic carbocycles. The van der Waals surface area contributed by atoms with Crippen molar-refractivity contribution in [3.05, 3.63) is 34.9 Å². The molecule has 0 spiro atoms. The Morgan fingerprint density at radius 3 is 2.73 bits per heavy atom. The lowest BCUT2D eigenvalue weighted by Crippen LogP contribution is -2.02. The van der Waals surface area contributed by atoms with Crippen molar-refractivity contribution in [2.24, 2.45) is 0 Å². The van der Waals surface area contributed by atoms with Gasteiger partial charge >= 0.3 is 5.97 Å². The lowest BCUT2D eigenvalue weighted by Gasteiger charge is -2.05. The fourth-order valence-corrected chi connectivity index (χ4v) is 1.79. The van der Waals surface area contributed by atoms with Crippen molar-refractivity contribution in [2.45, 2.75) is 19.8 Å². The molecule has 0 bridgehead atoms. The third-order valence-corrected chi connectivity index (χ3v) is 2.72. The van der Waals surface area contributed by atoms with E-state index in [9.17, 15) is 4.79 Å². The quantitative estimate of drug-likeness (QED) is 0.621. The van der Waals surface area contributed by atoms with Gasteiger partial charge in [0.2, 0.25) is 0 Å². The third kappa shape index (κ3) is 3.67. The van der Waals surface area contributed by atoms with Crippen LogP contribution in [0.2, 0.25) is 0 Å². The van der Waals surface area contributed by atoms with Gasteiger partial charge in [-0.3, -0.25) is 0 Å². The molecule has 2 nitrogen and oxygen atoms in total. The van der Waals surface area contributed by atoms with Crippen LogP contribution in [0.4, 0.5) is 0 Å². The maximum absolute atomic E-state index is 11.4. The molecule has 0 radical (unpaired) electrons. The van der Waals surface area contributed by atoms with E-state index in [2.05, 4.69) is 22.0 Å². The summed E-state index contributed by atoms with van der Waals surface area (Å²) in [5.74, 6) is -0.265. The molecule has 1 aromatic rings. The second kappa shape index (κ2) is 5.91. The highest BCUT2D eigenvalue weighted by Crippen LogP contribution is 2.13. The van der Waals surface area contributed by atoms with Gasteiger partial charge < -0.3 is 4.74 Å². The molecule has 0 saturated heterocycles. The number of alkyl halides is 1. The minimum atomic E-state index is -0.265. The number of aryl methyl sites for hydroxylation is 2. The Kier molecular flexibility index (Phi) is 4.82. The Bertz CT molecular complexity index is 347. The van der Waals surface area contributed by atoms with Gasteiger partial charge in [0.1, 0.15) is 0 Å². The number of hydrogen-bond acceptors (Lipinski definition) is 2. The van der Waals surface area contributed by atoms with E-state index in [-0.39, 0.29) is 5.97 Å². The van der Waals surface area contributed by atoms with Gasteiger partial charge in [-0.05, 0) is 37.5 Å². The number of benzene rings is 1. The first kappa shape index (κ1) is 12.2. The number of hydrogen-bond donors (Lipinski definition) is 0. The van der Waals surface area contributed by atoms with Crippen LogP contribution in [0.5, 0.6) is 0 Å². The number of carbonyl (C=O) groups excluding carboxylic acids is 1. The van der Waals surface area contributed by atoms with Crippen LogP contribution < -0.4 is 0 Å². The van der Waals surface area contributed by atoms with E-state index in [0.717, 1.165) is 23.7 Å². The second-order valence-electron chi connectivity index (χ2n) is 3.49. The molecule has 3 heteroatoms. The number of carbonyl (C=O) groups is 1. The van der Waals surface area contributed by atoms with Gasteiger partial charge in [0.15, 0.2) is 0 Å². The third-order valence-electron chi connectivity index (χ3n) is 2.16. The van der Waals surface area contributed by atoms with Crippen molar-refractivity contribution < 1.29 is 9.53 Å². The lowest BCUT2D eigenvalue weighted by molar-refractivity contribution is 0.0600.